The molecule has 18 heavy (non-hydrogen) atoms. The maximum absolute atomic E-state index is 10.4. The predicted molar refractivity (Wildman–Crippen MR) is 70.3 cm³/mol. The largest absolute Gasteiger partial charge is 0.481 e. The molecule has 0 radical (unpaired) electrons. The number of nitrogens with one attached hydrogen (secondary N) is 1. The highest BCUT2D eigenvalue weighted by molar-refractivity contribution is 5.81. The van der Waals surface area contributed by atoms with Gasteiger partial charge in [-0.05, 0) is 30.7 Å². The van der Waals surface area contributed by atoms with Gasteiger partial charge in [-0.15, -0.1) is 0 Å². The zero-order valence-corrected chi connectivity index (χ0v) is 10.1. The number of hydrogen-bond donors (Lipinski definition) is 2. The SMILES string of the molecule is O=C(O)CCCNCc1ccnc2ccccc12. The van der Waals surface area contributed by atoms with Gasteiger partial charge in [-0.3, -0.25) is 9.78 Å². The Bertz CT molecular complexity index is 535. The molecular weight excluding hydrogens is 228 g/mol. The Kier molecular flexibility index (Phi) is 4.25. The van der Waals surface area contributed by atoms with E-state index < -0.39 is 5.97 Å². The van der Waals surface area contributed by atoms with Crippen molar-refractivity contribution in [3.05, 3.63) is 42.1 Å². The van der Waals surface area contributed by atoms with E-state index in [0.717, 1.165) is 17.4 Å². The summed E-state index contributed by atoms with van der Waals surface area (Å²) in [6, 6.07) is 10.0. The fourth-order valence-corrected chi connectivity index (χ4v) is 1.90. The molecule has 0 amide bonds. The van der Waals surface area contributed by atoms with Crippen molar-refractivity contribution < 1.29 is 9.90 Å². The van der Waals surface area contributed by atoms with E-state index in [-0.39, 0.29) is 6.42 Å². The van der Waals surface area contributed by atoms with E-state index in [1.165, 1.54) is 5.56 Å². The third-order valence-electron chi connectivity index (χ3n) is 2.80. The summed E-state index contributed by atoms with van der Waals surface area (Å²) in [7, 11) is 0. The van der Waals surface area contributed by atoms with Crippen molar-refractivity contribution in [1.82, 2.24) is 10.3 Å². The van der Waals surface area contributed by atoms with Gasteiger partial charge in [0, 0.05) is 24.5 Å². The first-order valence-corrected chi connectivity index (χ1v) is 6.02. The van der Waals surface area contributed by atoms with E-state index in [1.54, 1.807) is 6.20 Å². The molecule has 1 aromatic carbocycles. The monoisotopic (exact) mass is 244 g/mol. The number of fused-ring (bicyclic) bond motifs is 1. The summed E-state index contributed by atoms with van der Waals surface area (Å²) in [4.78, 5) is 14.7. The van der Waals surface area contributed by atoms with E-state index in [0.29, 0.717) is 13.0 Å². The van der Waals surface area contributed by atoms with E-state index in [2.05, 4.69) is 16.4 Å². The number of aliphatic carboxylic acids is 1. The third kappa shape index (κ3) is 3.28. The normalized spacial score (nSPS) is 10.7. The number of rotatable bonds is 6. The molecule has 0 unspecified atom stereocenters. The Balaban J connectivity index is 1.93. The van der Waals surface area contributed by atoms with Crippen molar-refractivity contribution in [2.45, 2.75) is 19.4 Å². The highest BCUT2D eigenvalue weighted by Gasteiger charge is 2.01. The number of hydrogen-bond acceptors (Lipinski definition) is 3. The molecule has 2 N–H and O–H groups in total. The van der Waals surface area contributed by atoms with E-state index >= 15 is 0 Å². The number of aromatic nitrogens is 1. The Hall–Kier alpha value is -1.94. The number of carboxylic acids is 1. The molecule has 2 aromatic rings. The number of carboxylic acid groups (broad SMARTS) is 1. The number of benzene rings is 1. The minimum atomic E-state index is -0.744. The number of pyridine rings is 1. The minimum Gasteiger partial charge on any atom is -0.481 e. The lowest BCUT2D eigenvalue weighted by atomic mass is 10.1. The van der Waals surface area contributed by atoms with Crippen LogP contribution < -0.4 is 5.32 Å². The fourth-order valence-electron chi connectivity index (χ4n) is 1.90. The molecule has 0 aliphatic rings. The van der Waals surface area contributed by atoms with Crippen molar-refractivity contribution in [2.24, 2.45) is 0 Å². The van der Waals surface area contributed by atoms with Crippen LogP contribution in [0.2, 0.25) is 0 Å². The molecule has 0 aliphatic carbocycles. The highest BCUT2D eigenvalue weighted by Crippen LogP contribution is 2.15. The van der Waals surface area contributed by atoms with Crippen LogP contribution in [0, 0.1) is 0 Å². The molecule has 4 heteroatoms. The molecule has 94 valence electrons. The molecule has 0 fully saturated rings. The summed E-state index contributed by atoms with van der Waals surface area (Å²) < 4.78 is 0. The lowest BCUT2D eigenvalue weighted by molar-refractivity contribution is -0.137. The van der Waals surface area contributed by atoms with Crippen molar-refractivity contribution in [2.75, 3.05) is 6.54 Å². The van der Waals surface area contributed by atoms with E-state index in [4.69, 9.17) is 5.11 Å². The summed E-state index contributed by atoms with van der Waals surface area (Å²) in [6.45, 7) is 1.45. The summed E-state index contributed by atoms with van der Waals surface area (Å²) in [6.07, 6.45) is 2.67. The van der Waals surface area contributed by atoms with Gasteiger partial charge in [-0.2, -0.15) is 0 Å². The molecule has 0 saturated heterocycles. The Morgan fingerprint density at radius 3 is 2.94 bits per heavy atom. The quantitative estimate of drug-likeness (QED) is 0.765. The molecule has 0 bridgehead atoms. The van der Waals surface area contributed by atoms with Gasteiger partial charge in [-0.1, -0.05) is 18.2 Å². The van der Waals surface area contributed by atoms with Crippen LogP contribution >= 0.6 is 0 Å². The zero-order chi connectivity index (χ0) is 12.8. The Morgan fingerprint density at radius 2 is 2.11 bits per heavy atom. The average molecular weight is 244 g/mol. The topological polar surface area (TPSA) is 62.2 Å². The molecule has 1 heterocycles. The first-order chi connectivity index (χ1) is 8.77. The lowest BCUT2D eigenvalue weighted by Gasteiger charge is -2.07. The van der Waals surface area contributed by atoms with Gasteiger partial charge < -0.3 is 10.4 Å². The first kappa shape index (κ1) is 12.5. The van der Waals surface area contributed by atoms with Crippen molar-refractivity contribution >= 4 is 16.9 Å². The van der Waals surface area contributed by atoms with Gasteiger partial charge in [-0.25, -0.2) is 0 Å². The second-order valence-electron chi connectivity index (χ2n) is 4.16. The highest BCUT2D eigenvalue weighted by atomic mass is 16.4. The van der Waals surface area contributed by atoms with Crippen LogP contribution in [-0.4, -0.2) is 22.6 Å². The Labute approximate surface area is 106 Å². The second kappa shape index (κ2) is 6.12. The summed E-state index contributed by atoms with van der Waals surface area (Å²) in [5, 5.41) is 12.9. The fraction of sp³-hybridized carbons (Fsp3) is 0.286. The summed E-state index contributed by atoms with van der Waals surface area (Å²) in [5.41, 5.74) is 2.18. The molecule has 0 spiro atoms. The van der Waals surface area contributed by atoms with E-state index in [9.17, 15) is 4.79 Å². The van der Waals surface area contributed by atoms with Crippen LogP contribution in [0.3, 0.4) is 0 Å². The molecule has 0 atom stereocenters. The van der Waals surface area contributed by atoms with Crippen molar-refractivity contribution in [1.29, 1.82) is 0 Å². The third-order valence-corrected chi connectivity index (χ3v) is 2.80. The Morgan fingerprint density at radius 1 is 1.28 bits per heavy atom. The standard InChI is InChI=1S/C14H16N2O2/c17-14(18)6-3-8-15-10-11-7-9-16-13-5-2-1-4-12(11)13/h1-2,4-5,7,9,15H,3,6,8,10H2,(H,17,18). The van der Waals surface area contributed by atoms with Crippen LogP contribution in [0.5, 0.6) is 0 Å². The number of nitrogens with zero attached hydrogens (tertiary/aromatic N) is 1. The van der Waals surface area contributed by atoms with Crippen molar-refractivity contribution in [3.8, 4) is 0 Å². The number of para-hydroxylation sites is 1. The molecule has 2 rings (SSSR count). The summed E-state index contributed by atoms with van der Waals surface area (Å²) in [5.74, 6) is -0.744. The average Bonchev–Trinajstić information content (AvgIpc) is 2.38. The summed E-state index contributed by atoms with van der Waals surface area (Å²) >= 11 is 0. The van der Waals surface area contributed by atoms with Crippen LogP contribution in [-0.2, 0) is 11.3 Å². The van der Waals surface area contributed by atoms with Gasteiger partial charge >= 0.3 is 5.97 Å². The maximum Gasteiger partial charge on any atom is 0.303 e. The molecule has 0 saturated carbocycles. The molecule has 0 aliphatic heterocycles. The van der Waals surface area contributed by atoms with E-state index in [1.807, 2.05) is 24.3 Å². The van der Waals surface area contributed by atoms with Crippen LogP contribution in [0.15, 0.2) is 36.5 Å². The first-order valence-electron chi connectivity index (χ1n) is 6.02. The number of carbonyl (C=O) groups is 1. The van der Waals surface area contributed by atoms with Gasteiger partial charge in [0.2, 0.25) is 0 Å². The van der Waals surface area contributed by atoms with Gasteiger partial charge in [0.15, 0.2) is 0 Å². The predicted octanol–water partition coefficient (Wildman–Crippen LogP) is 2.19. The molecule has 1 aromatic heterocycles. The van der Waals surface area contributed by atoms with Gasteiger partial charge in [0.1, 0.15) is 0 Å². The van der Waals surface area contributed by atoms with Gasteiger partial charge in [0.05, 0.1) is 5.52 Å². The van der Waals surface area contributed by atoms with Crippen LogP contribution in [0.25, 0.3) is 10.9 Å². The molecule has 4 nitrogen and oxygen atoms in total. The van der Waals surface area contributed by atoms with Crippen molar-refractivity contribution in [3.63, 3.8) is 0 Å². The maximum atomic E-state index is 10.4. The smallest absolute Gasteiger partial charge is 0.303 e. The van der Waals surface area contributed by atoms with Crippen LogP contribution in [0.1, 0.15) is 18.4 Å². The zero-order valence-electron chi connectivity index (χ0n) is 10.1. The molecular formula is C14H16N2O2. The minimum absolute atomic E-state index is 0.212. The second-order valence-corrected chi connectivity index (χ2v) is 4.16. The van der Waals surface area contributed by atoms with Crippen LogP contribution in [0.4, 0.5) is 0 Å². The van der Waals surface area contributed by atoms with Gasteiger partial charge in [0.25, 0.3) is 0 Å². The lowest BCUT2D eigenvalue weighted by Crippen LogP contribution is -2.16.